The maximum absolute atomic E-state index is 12.4. The fourth-order valence-electron chi connectivity index (χ4n) is 4.61. The van der Waals surface area contributed by atoms with E-state index in [2.05, 4.69) is 15.3 Å². The summed E-state index contributed by atoms with van der Waals surface area (Å²) in [5, 5.41) is 17.6. The quantitative estimate of drug-likeness (QED) is 0.650. The molecule has 0 aliphatic heterocycles. The molecule has 2 aliphatic rings. The van der Waals surface area contributed by atoms with Crippen LogP contribution in [0, 0.1) is 12.8 Å². The number of carbonyl (C=O) groups is 2. The van der Waals surface area contributed by atoms with Gasteiger partial charge in [-0.3, -0.25) is 14.3 Å². The van der Waals surface area contributed by atoms with E-state index in [9.17, 15) is 14.7 Å². The van der Waals surface area contributed by atoms with Crippen LogP contribution in [0.1, 0.15) is 62.8 Å². The topological polar surface area (TPSA) is 116 Å². The summed E-state index contributed by atoms with van der Waals surface area (Å²) in [6.07, 6.45) is 6.92. The van der Waals surface area contributed by atoms with Crippen molar-refractivity contribution in [2.45, 2.75) is 76.9 Å². The molecule has 0 amide bonds. The molecule has 9 nitrogen and oxygen atoms in total. The van der Waals surface area contributed by atoms with Crippen LogP contribution in [0.25, 0.3) is 11.4 Å². The molecule has 0 radical (unpaired) electrons. The van der Waals surface area contributed by atoms with Gasteiger partial charge in [-0.05, 0) is 70.4 Å². The molecule has 2 aliphatic carbocycles. The minimum absolute atomic E-state index is 0.0180. The summed E-state index contributed by atoms with van der Waals surface area (Å²) in [4.78, 5) is 28.4. The molecular weight excluding hydrogens is 412 g/mol. The fourth-order valence-corrected chi connectivity index (χ4v) is 4.61. The molecule has 2 aromatic heterocycles. The van der Waals surface area contributed by atoms with E-state index in [1.807, 2.05) is 13.0 Å². The highest BCUT2D eigenvalue weighted by Crippen LogP contribution is 2.30. The number of pyridine rings is 1. The summed E-state index contributed by atoms with van der Waals surface area (Å²) in [6.45, 7) is 1.85. The second-order valence-corrected chi connectivity index (χ2v) is 8.80. The highest BCUT2D eigenvalue weighted by atomic mass is 16.5. The molecule has 9 heteroatoms. The predicted octanol–water partition coefficient (Wildman–Crippen LogP) is 3.24. The summed E-state index contributed by atoms with van der Waals surface area (Å²) in [5.74, 6) is -0.751. The van der Waals surface area contributed by atoms with Crippen molar-refractivity contribution in [3.8, 4) is 17.1 Å². The third-order valence-corrected chi connectivity index (χ3v) is 6.40. The Morgan fingerprint density at radius 1 is 1.12 bits per heavy atom. The average Bonchev–Trinajstić information content (AvgIpc) is 3.40. The van der Waals surface area contributed by atoms with Gasteiger partial charge < -0.3 is 14.6 Å². The molecule has 2 fully saturated rings. The third kappa shape index (κ3) is 5.08. The van der Waals surface area contributed by atoms with Crippen molar-refractivity contribution in [2.24, 2.45) is 13.0 Å². The number of hydrogen-bond acceptors (Lipinski definition) is 7. The van der Waals surface area contributed by atoms with Crippen LogP contribution in [0.4, 0.5) is 0 Å². The normalized spacial score (nSPS) is 21.4. The number of nitrogens with zero attached hydrogens (tertiary/aromatic N) is 4. The van der Waals surface area contributed by atoms with E-state index in [1.54, 1.807) is 17.8 Å². The van der Waals surface area contributed by atoms with Gasteiger partial charge in [0.25, 0.3) is 0 Å². The molecule has 0 aromatic carbocycles. The summed E-state index contributed by atoms with van der Waals surface area (Å²) in [7, 11) is 1.75. The number of aromatic nitrogens is 4. The molecule has 2 saturated carbocycles. The number of rotatable bonds is 7. The van der Waals surface area contributed by atoms with Crippen LogP contribution >= 0.6 is 0 Å². The van der Waals surface area contributed by atoms with E-state index in [0.717, 1.165) is 38.5 Å². The van der Waals surface area contributed by atoms with E-state index in [4.69, 9.17) is 9.47 Å². The lowest BCUT2D eigenvalue weighted by molar-refractivity contribution is -0.148. The second-order valence-electron chi connectivity index (χ2n) is 8.80. The van der Waals surface area contributed by atoms with Crippen molar-refractivity contribution >= 4 is 11.9 Å². The van der Waals surface area contributed by atoms with Gasteiger partial charge in [0.15, 0.2) is 0 Å². The first-order chi connectivity index (χ1) is 15.4. The number of carboxylic acids is 1. The molecule has 0 saturated heterocycles. The summed E-state index contributed by atoms with van der Waals surface area (Å²) in [6, 6.07) is 3.63. The van der Waals surface area contributed by atoms with E-state index >= 15 is 0 Å². The zero-order valence-electron chi connectivity index (χ0n) is 18.6. The van der Waals surface area contributed by atoms with Gasteiger partial charge in [0.05, 0.1) is 35.5 Å². The molecular formula is C23H30N4O5. The first kappa shape index (κ1) is 22.2. The Kier molecular flexibility index (Phi) is 6.72. The van der Waals surface area contributed by atoms with Gasteiger partial charge in [-0.2, -0.15) is 0 Å². The lowest BCUT2D eigenvalue weighted by Crippen LogP contribution is -2.29. The molecule has 4 rings (SSSR count). The molecule has 1 N–H and O–H groups in total. The van der Waals surface area contributed by atoms with Crippen molar-refractivity contribution in [1.82, 2.24) is 20.0 Å². The Bertz CT molecular complexity index is 983. The molecule has 2 aromatic rings. The van der Waals surface area contributed by atoms with Gasteiger partial charge >= 0.3 is 11.9 Å². The number of ether oxygens (including phenoxy) is 2. The first-order valence-electron chi connectivity index (χ1n) is 11.4. The molecule has 172 valence electrons. The maximum Gasteiger partial charge on any atom is 0.312 e. The average molecular weight is 443 g/mol. The second kappa shape index (κ2) is 9.67. The third-order valence-electron chi connectivity index (χ3n) is 6.40. The molecule has 0 bridgehead atoms. The minimum atomic E-state index is -0.759. The van der Waals surface area contributed by atoms with Gasteiger partial charge in [0, 0.05) is 7.05 Å². The van der Waals surface area contributed by atoms with Crippen LogP contribution in [0.15, 0.2) is 12.1 Å². The molecule has 0 unspecified atom stereocenters. The van der Waals surface area contributed by atoms with Crippen LogP contribution < -0.4 is 4.74 Å². The zero-order chi connectivity index (χ0) is 22.7. The van der Waals surface area contributed by atoms with Crippen LogP contribution in [0.5, 0.6) is 5.75 Å². The number of hydrogen-bond donors (Lipinski definition) is 1. The van der Waals surface area contributed by atoms with Gasteiger partial charge in [-0.25, -0.2) is 4.98 Å². The van der Waals surface area contributed by atoms with Crippen molar-refractivity contribution in [1.29, 1.82) is 0 Å². The van der Waals surface area contributed by atoms with Gasteiger partial charge in [-0.15, -0.1) is 5.10 Å². The number of aryl methyl sites for hydroxylation is 2. The molecule has 2 heterocycles. The van der Waals surface area contributed by atoms with Crippen molar-refractivity contribution in [2.75, 3.05) is 0 Å². The summed E-state index contributed by atoms with van der Waals surface area (Å²) < 4.78 is 13.3. The van der Waals surface area contributed by atoms with Crippen molar-refractivity contribution in [3.63, 3.8) is 0 Å². The fraction of sp³-hybridized carbons (Fsp3) is 0.609. The molecule has 32 heavy (non-hydrogen) atoms. The molecule has 0 spiro atoms. The summed E-state index contributed by atoms with van der Waals surface area (Å²) in [5.41, 5.74) is 2.50. The number of carbonyl (C=O) groups excluding carboxylic acids is 1. The smallest absolute Gasteiger partial charge is 0.312 e. The van der Waals surface area contributed by atoms with E-state index < -0.39 is 5.97 Å². The Morgan fingerprint density at radius 2 is 1.88 bits per heavy atom. The first-order valence-corrected chi connectivity index (χ1v) is 11.4. The Balaban J connectivity index is 1.46. The monoisotopic (exact) mass is 442 g/mol. The van der Waals surface area contributed by atoms with Crippen LogP contribution in [0.3, 0.4) is 0 Å². The van der Waals surface area contributed by atoms with E-state index in [-0.39, 0.29) is 30.5 Å². The van der Waals surface area contributed by atoms with Crippen molar-refractivity contribution < 1.29 is 24.2 Å². The zero-order valence-corrected chi connectivity index (χ0v) is 18.6. The van der Waals surface area contributed by atoms with Crippen LogP contribution in [-0.2, 0) is 27.8 Å². The number of esters is 1. The van der Waals surface area contributed by atoms with Gasteiger partial charge in [0.1, 0.15) is 17.5 Å². The minimum Gasteiger partial charge on any atom is -0.489 e. The lowest BCUT2D eigenvalue weighted by atomic mass is 9.87. The largest absolute Gasteiger partial charge is 0.489 e. The van der Waals surface area contributed by atoms with Gasteiger partial charge in [-0.1, -0.05) is 5.21 Å². The highest BCUT2D eigenvalue weighted by molar-refractivity contribution is 5.75. The Labute approximate surface area is 187 Å². The number of carboxylic acid groups (broad SMARTS) is 1. The molecule has 2 atom stereocenters. The Morgan fingerprint density at radius 3 is 2.59 bits per heavy atom. The summed E-state index contributed by atoms with van der Waals surface area (Å²) >= 11 is 0. The standard InChI is InChI=1S/C23H30N4O5/c1-14-20(31-17-9-5-6-15(12-17)23(29)30)11-10-18(24-14)22-19(27(2)26-25-22)13-21(28)32-16-7-3-4-8-16/h10-11,15-17H,3-9,12-13H2,1-2H3,(H,29,30)/t15-,17-/m0/s1. The SMILES string of the molecule is Cc1nc(-c2nnn(C)c2CC(=O)OC2CCCC2)ccc1O[C@H]1CCC[C@H](C(=O)O)C1. The highest BCUT2D eigenvalue weighted by Gasteiger charge is 2.29. The lowest BCUT2D eigenvalue weighted by Gasteiger charge is -2.27. The maximum atomic E-state index is 12.4. The van der Waals surface area contributed by atoms with Crippen LogP contribution in [-0.4, -0.2) is 49.2 Å². The van der Waals surface area contributed by atoms with E-state index in [1.165, 1.54) is 0 Å². The van der Waals surface area contributed by atoms with Crippen molar-refractivity contribution in [3.05, 3.63) is 23.5 Å². The number of aliphatic carboxylic acids is 1. The van der Waals surface area contributed by atoms with Gasteiger partial charge in [0.2, 0.25) is 0 Å². The predicted molar refractivity (Wildman–Crippen MR) is 115 cm³/mol. The van der Waals surface area contributed by atoms with E-state index in [0.29, 0.717) is 41.4 Å². The Hall–Kier alpha value is -2.97. The van der Waals surface area contributed by atoms with Crippen LogP contribution in [0.2, 0.25) is 0 Å².